The van der Waals surface area contributed by atoms with Crippen molar-refractivity contribution in [2.75, 3.05) is 11.5 Å². The molecule has 0 aromatic heterocycles. The molecule has 0 spiro atoms. The molecule has 2 heterocycles. The highest BCUT2D eigenvalue weighted by Gasteiger charge is 2.34. The van der Waals surface area contributed by atoms with E-state index >= 15 is 0 Å². The van der Waals surface area contributed by atoms with Crippen LogP contribution >= 0.6 is 0 Å². The zero-order valence-corrected chi connectivity index (χ0v) is 15.9. The van der Waals surface area contributed by atoms with Crippen LogP contribution in [-0.2, 0) is 27.4 Å². The molecule has 0 saturated heterocycles. The molecule has 0 radical (unpaired) electrons. The number of amides is 1. The molecule has 4 rings (SSSR count). The molecular formula is C22H21NO5. The minimum atomic E-state index is -0.634. The Hall–Kier alpha value is -3.15. The van der Waals surface area contributed by atoms with Crippen LogP contribution in [0.15, 0.2) is 36.4 Å². The Morgan fingerprint density at radius 3 is 2.61 bits per heavy atom. The van der Waals surface area contributed by atoms with Gasteiger partial charge in [0.05, 0.1) is 23.5 Å². The van der Waals surface area contributed by atoms with Gasteiger partial charge in [0.2, 0.25) is 5.78 Å². The fourth-order valence-corrected chi connectivity index (χ4v) is 3.65. The standard InChI is InChI=1S/C22H21NO5/c1-13(2)11-19(24)21(25)23(18-8-3-5-14-9-10-27-20(14)18)17-7-4-6-15-16(17)12-28-22(15)26/h3-8,13H,9-12H2,1-2H3. The summed E-state index contributed by atoms with van der Waals surface area (Å²) in [5, 5.41) is 0. The van der Waals surface area contributed by atoms with Gasteiger partial charge in [0.1, 0.15) is 12.4 Å². The van der Waals surface area contributed by atoms with Crippen LogP contribution in [0.5, 0.6) is 5.75 Å². The third-order valence-electron chi connectivity index (χ3n) is 4.93. The maximum atomic E-state index is 13.3. The lowest BCUT2D eigenvalue weighted by Gasteiger charge is -2.26. The molecule has 0 saturated carbocycles. The zero-order chi connectivity index (χ0) is 19.8. The van der Waals surface area contributed by atoms with Gasteiger partial charge in [-0.3, -0.25) is 14.5 Å². The van der Waals surface area contributed by atoms with Crippen LogP contribution in [0.2, 0.25) is 0 Å². The summed E-state index contributed by atoms with van der Waals surface area (Å²) in [6.07, 6.45) is 0.898. The zero-order valence-electron chi connectivity index (χ0n) is 15.9. The van der Waals surface area contributed by atoms with Gasteiger partial charge in [-0.25, -0.2) is 4.79 Å². The lowest BCUT2D eigenvalue weighted by Crippen LogP contribution is -2.34. The second-order valence-electron chi connectivity index (χ2n) is 7.40. The molecule has 0 bridgehead atoms. The van der Waals surface area contributed by atoms with Crippen molar-refractivity contribution in [1.82, 2.24) is 0 Å². The summed E-state index contributed by atoms with van der Waals surface area (Å²) in [4.78, 5) is 39.3. The van der Waals surface area contributed by atoms with Gasteiger partial charge in [0, 0.05) is 18.4 Å². The first kappa shape index (κ1) is 18.2. The number of anilines is 2. The number of carbonyl (C=O) groups excluding carboxylic acids is 3. The molecule has 0 atom stereocenters. The molecule has 0 aliphatic carbocycles. The number of hydrogen-bond donors (Lipinski definition) is 0. The molecule has 2 aliphatic heterocycles. The van der Waals surface area contributed by atoms with Crippen LogP contribution in [0, 0.1) is 5.92 Å². The third kappa shape index (κ3) is 3.05. The van der Waals surface area contributed by atoms with Crippen molar-refractivity contribution in [1.29, 1.82) is 0 Å². The number of fused-ring (bicyclic) bond motifs is 2. The van der Waals surface area contributed by atoms with E-state index in [1.165, 1.54) is 4.90 Å². The Kier molecular flexibility index (Phi) is 4.63. The van der Waals surface area contributed by atoms with Crippen molar-refractivity contribution in [3.63, 3.8) is 0 Å². The molecule has 2 aromatic carbocycles. The van der Waals surface area contributed by atoms with Gasteiger partial charge in [-0.05, 0) is 29.7 Å². The summed E-state index contributed by atoms with van der Waals surface area (Å²) < 4.78 is 10.9. The van der Waals surface area contributed by atoms with Crippen molar-refractivity contribution in [3.8, 4) is 5.75 Å². The van der Waals surface area contributed by atoms with E-state index in [0.29, 0.717) is 34.9 Å². The average molecular weight is 379 g/mol. The molecule has 6 heteroatoms. The second kappa shape index (κ2) is 7.11. The molecular weight excluding hydrogens is 358 g/mol. The molecule has 0 unspecified atom stereocenters. The van der Waals surface area contributed by atoms with Gasteiger partial charge in [0.15, 0.2) is 0 Å². The fraction of sp³-hybridized carbons (Fsp3) is 0.318. The highest BCUT2D eigenvalue weighted by atomic mass is 16.5. The molecule has 2 aromatic rings. The number of carbonyl (C=O) groups is 3. The monoisotopic (exact) mass is 379 g/mol. The Labute approximate surface area is 163 Å². The van der Waals surface area contributed by atoms with E-state index in [2.05, 4.69) is 0 Å². The number of ether oxygens (including phenoxy) is 2. The van der Waals surface area contributed by atoms with E-state index in [4.69, 9.17) is 9.47 Å². The number of nitrogens with zero attached hydrogens (tertiary/aromatic N) is 1. The average Bonchev–Trinajstić information content (AvgIpc) is 3.29. The number of hydrogen-bond acceptors (Lipinski definition) is 5. The van der Waals surface area contributed by atoms with Crippen molar-refractivity contribution < 1.29 is 23.9 Å². The van der Waals surface area contributed by atoms with E-state index in [-0.39, 0.29) is 18.9 Å². The van der Waals surface area contributed by atoms with Crippen LogP contribution in [-0.4, -0.2) is 24.3 Å². The summed E-state index contributed by atoms with van der Waals surface area (Å²) >= 11 is 0. The van der Waals surface area contributed by atoms with Crippen molar-refractivity contribution in [3.05, 3.63) is 53.1 Å². The maximum Gasteiger partial charge on any atom is 0.338 e. The SMILES string of the molecule is CC(C)CC(=O)C(=O)N(c1cccc2c1COC2=O)c1cccc2c1OCC2. The van der Waals surface area contributed by atoms with Crippen molar-refractivity contribution >= 4 is 29.0 Å². The van der Waals surface area contributed by atoms with Gasteiger partial charge >= 0.3 is 5.97 Å². The first-order chi connectivity index (χ1) is 13.5. The topological polar surface area (TPSA) is 72.9 Å². The van der Waals surface area contributed by atoms with Crippen LogP contribution in [0.4, 0.5) is 11.4 Å². The first-order valence-electron chi connectivity index (χ1n) is 9.38. The lowest BCUT2D eigenvalue weighted by atomic mass is 10.0. The lowest BCUT2D eigenvalue weighted by molar-refractivity contribution is -0.136. The number of para-hydroxylation sites is 1. The minimum absolute atomic E-state index is 0.0578. The number of rotatable bonds is 5. The highest BCUT2D eigenvalue weighted by molar-refractivity contribution is 6.43. The smallest absolute Gasteiger partial charge is 0.338 e. The summed E-state index contributed by atoms with van der Waals surface area (Å²) in [5.74, 6) is -0.871. The summed E-state index contributed by atoms with van der Waals surface area (Å²) in [6, 6.07) is 10.7. The van der Waals surface area contributed by atoms with Gasteiger partial charge in [-0.15, -0.1) is 0 Å². The Balaban J connectivity index is 1.87. The molecule has 28 heavy (non-hydrogen) atoms. The Bertz CT molecular complexity index is 979. The van der Waals surface area contributed by atoms with Gasteiger partial charge in [-0.2, -0.15) is 0 Å². The van der Waals surface area contributed by atoms with Crippen molar-refractivity contribution in [2.24, 2.45) is 5.92 Å². The fourth-order valence-electron chi connectivity index (χ4n) is 3.65. The quantitative estimate of drug-likeness (QED) is 0.587. The Morgan fingerprint density at radius 1 is 1.07 bits per heavy atom. The predicted molar refractivity (Wildman–Crippen MR) is 103 cm³/mol. The Morgan fingerprint density at radius 2 is 1.82 bits per heavy atom. The summed E-state index contributed by atoms with van der Waals surface area (Å²) in [6.45, 7) is 4.39. The molecule has 6 nitrogen and oxygen atoms in total. The van der Waals surface area contributed by atoms with E-state index in [0.717, 1.165) is 12.0 Å². The molecule has 0 N–H and O–H groups in total. The normalized spacial score (nSPS) is 14.3. The summed E-state index contributed by atoms with van der Waals surface area (Å²) in [5.41, 5.74) is 3.01. The predicted octanol–water partition coefficient (Wildman–Crippen LogP) is 3.57. The highest BCUT2D eigenvalue weighted by Crippen LogP contribution is 2.42. The summed E-state index contributed by atoms with van der Waals surface area (Å²) in [7, 11) is 0. The van der Waals surface area contributed by atoms with Gasteiger partial charge in [-0.1, -0.05) is 32.0 Å². The first-order valence-corrected chi connectivity index (χ1v) is 9.38. The largest absolute Gasteiger partial charge is 0.491 e. The number of cyclic esters (lactones) is 1. The van der Waals surface area contributed by atoms with E-state index in [9.17, 15) is 14.4 Å². The number of esters is 1. The van der Waals surface area contributed by atoms with Crippen LogP contribution in [0.1, 0.15) is 41.8 Å². The molecule has 2 aliphatic rings. The molecule has 1 amide bonds. The number of ketones is 1. The van der Waals surface area contributed by atoms with Crippen LogP contribution < -0.4 is 9.64 Å². The van der Waals surface area contributed by atoms with E-state index in [1.54, 1.807) is 24.3 Å². The van der Waals surface area contributed by atoms with Crippen molar-refractivity contribution in [2.45, 2.75) is 33.3 Å². The van der Waals surface area contributed by atoms with Gasteiger partial charge < -0.3 is 9.47 Å². The van der Waals surface area contributed by atoms with Gasteiger partial charge in [0.25, 0.3) is 5.91 Å². The molecule has 0 fully saturated rings. The number of Topliss-reactive ketones (excluding diaryl/α,β-unsaturated/α-hetero) is 1. The van der Waals surface area contributed by atoms with Crippen LogP contribution in [0.25, 0.3) is 0 Å². The number of benzene rings is 2. The maximum absolute atomic E-state index is 13.3. The third-order valence-corrected chi connectivity index (χ3v) is 4.93. The minimum Gasteiger partial charge on any atom is -0.491 e. The van der Waals surface area contributed by atoms with E-state index in [1.807, 2.05) is 26.0 Å². The second-order valence-corrected chi connectivity index (χ2v) is 7.40. The molecule has 144 valence electrons. The van der Waals surface area contributed by atoms with E-state index < -0.39 is 17.7 Å². The van der Waals surface area contributed by atoms with Crippen LogP contribution in [0.3, 0.4) is 0 Å².